The van der Waals surface area contributed by atoms with Crippen LogP contribution in [0.4, 0.5) is 11.6 Å². The Morgan fingerprint density at radius 1 is 1.03 bits per heavy atom. The Hall–Kier alpha value is -3.79. The van der Waals surface area contributed by atoms with Crippen LogP contribution in [-0.4, -0.2) is 33.7 Å². The predicted molar refractivity (Wildman–Crippen MR) is 112 cm³/mol. The van der Waals surface area contributed by atoms with Crippen LogP contribution in [0.25, 0.3) is 5.65 Å². The first-order valence-corrected chi connectivity index (χ1v) is 10.5. The number of hydrogen-bond donors (Lipinski definition) is 2. The molecule has 0 unspecified atom stereocenters. The highest BCUT2D eigenvalue weighted by atomic mass is 32.2. The third-order valence-electron chi connectivity index (χ3n) is 4.29. The topological polar surface area (TPSA) is 118 Å². The lowest BCUT2D eigenvalue weighted by molar-refractivity contribution is 0.102. The predicted octanol–water partition coefficient (Wildman–Crippen LogP) is 2.79. The van der Waals surface area contributed by atoms with Crippen LogP contribution < -0.4 is 10.0 Å². The molecule has 30 heavy (non-hydrogen) atoms. The van der Waals surface area contributed by atoms with Crippen LogP contribution in [0.1, 0.15) is 21.7 Å². The van der Waals surface area contributed by atoms with Gasteiger partial charge in [0.2, 0.25) is 5.95 Å². The van der Waals surface area contributed by atoms with E-state index in [0.717, 1.165) is 5.56 Å². The molecule has 4 aromatic rings. The summed E-state index contributed by atoms with van der Waals surface area (Å²) < 4.78 is 29.1. The maximum Gasteiger partial charge on any atom is 0.275 e. The molecule has 0 aliphatic carbocycles. The van der Waals surface area contributed by atoms with Gasteiger partial charge in [-0.15, -0.1) is 0 Å². The van der Waals surface area contributed by atoms with Crippen LogP contribution in [0.5, 0.6) is 0 Å². The van der Waals surface area contributed by atoms with E-state index in [1.54, 1.807) is 23.6 Å². The summed E-state index contributed by atoms with van der Waals surface area (Å²) in [6, 6.07) is 11.3. The number of anilines is 2. The van der Waals surface area contributed by atoms with Gasteiger partial charge in [-0.1, -0.05) is 0 Å². The van der Waals surface area contributed by atoms with E-state index >= 15 is 0 Å². The molecule has 0 bridgehead atoms. The van der Waals surface area contributed by atoms with Crippen LogP contribution in [0.2, 0.25) is 0 Å². The number of rotatable bonds is 5. The van der Waals surface area contributed by atoms with Crippen molar-refractivity contribution in [2.75, 3.05) is 10.0 Å². The van der Waals surface area contributed by atoms with Gasteiger partial charge in [-0.25, -0.2) is 28.1 Å². The Labute approximate surface area is 172 Å². The van der Waals surface area contributed by atoms with Crippen molar-refractivity contribution in [2.45, 2.75) is 18.7 Å². The minimum absolute atomic E-state index is 0.00513. The van der Waals surface area contributed by atoms with Crippen molar-refractivity contribution in [1.82, 2.24) is 19.4 Å². The number of nitrogens with zero attached hydrogens (tertiary/aromatic N) is 4. The summed E-state index contributed by atoms with van der Waals surface area (Å²) in [5, 5.41) is 2.71. The number of sulfonamides is 1. The Bertz CT molecular complexity index is 1350. The number of carbonyl (C=O) groups excluding carboxylic acids is 1. The third-order valence-corrected chi connectivity index (χ3v) is 5.64. The van der Waals surface area contributed by atoms with Crippen molar-refractivity contribution < 1.29 is 13.2 Å². The SMILES string of the molecule is Cc1ccn2cc(C(=O)Nc3ccc(S(=O)(=O)Nc4nccc(C)n4)cc3)nc2c1. The Balaban J connectivity index is 1.49. The lowest BCUT2D eigenvalue weighted by Gasteiger charge is -2.08. The average Bonchev–Trinajstić information content (AvgIpc) is 3.11. The highest BCUT2D eigenvalue weighted by Crippen LogP contribution is 2.17. The van der Waals surface area contributed by atoms with E-state index < -0.39 is 15.9 Å². The van der Waals surface area contributed by atoms with E-state index in [0.29, 0.717) is 17.0 Å². The Morgan fingerprint density at radius 3 is 2.53 bits per heavy atom. The number of nitrogens with one attached hydrogen (secondary N) is 2. The molecule has 10 heteroatoms. The van der Waals surface area contributed by atoms with Gasteiger partial charge in [0.25, 0.3) is 15.9 Å². The van der Waals surface area contributed by atoms with Crippen molar-refractivity contribution in [2.24, 2.45) is 0 Å². The lowest BCUT2D eigenvalue weighted by Crippen LogP contribution is -2.16. The number of aryl methyl sites for hydroxylation is 2. The molecule has 0 atom stereocenters. The van der Waals surface area contributed by atoms with Crippen molar-refractivity contribution >= 4 is 33.2 Å². The summed E-state index contributed by atoms with van der Waals surface area (Å²) in [6.45, 7) is 3.69. The Morgan fingerprint density at radius 2 is 1.80 bits per heavy atom. The first-order chi connectivity index (χ1) is 14.3. The molecular weight excluding hydrogens is 404 g/mol. The van der Waals surface area contributed by atoms with Gasteiger partial charge in [-0.05, 0) is 61.9 Å². The number of aromatic nitrogens is 4. The van der Waals surface area contributed by atoms with Crippen molar-refractivity contribution in [3.8, 4) is 0 Å². The van der Waals surface area contributed by atoms with E-state index in [4.69, 9.17) is 0 Å². The Kier molecular flexibility index (Phi) is 4.92. The first-order valence-electron chi connectivity index (χ1n) is 8.99. The van der Waals surface area contributed by atoms with Gasteiger partial charge in [-0.2, -0.15) is 0 Å². The highest BCUT2D eigenvalue weighted by Gasteiger charge is 2.16. The zero-order chi connectivity index (χ0) is 21.3. The number of hydrogen-bond acceptors (Lipinski definition) is 6. The maximum atomic E-state index is 12.5. The quantitative estimate of drug-likeness (QED) is 0.511. The zero-order valence-corrected chi connectivity index (χ0v) is 17.0. The number of carbonyl (C=O) groups is 1. The van der Waals surface area contributed by atoms with Crippen molar-refractivity contribution in [3.63, 3.8) is 0 Å². The molecule has 4 rings (SSSR count). The van der Waals surface area contributed by atoms with E-state index in [1.807, 2.05) is 25.3 Å². The normalized spacial score (nSPS) is 11.4. The monoisotopic (exact) mass is 422 g/mol. The maximum absolute atomic E-state index is 12.5. The van der Waals surface area contributed by atoms with Gasteiger partial charge >= 0.3 is 0 Å². The molecule has 2 N–H and O–H groups in total. The highest BCUT2D eigenvalue weighted by molar-refractivity contribution is 7.92. The van der Waals surface area contributed by atoms with Crippen LogP contribution in [0, 0.1) is 13.8 Å². The van der Waals surface area contributed by atoms with E-state index in [9.17, 15) is 13.2 Å². The minimum Gasteiger partial charge on any atom is -0.321 e. The first kappa shape index (κ1) is 19.5. The molecule has 152 valence electrons. The molecule has 3 aromatic heterocycles. The summed E-state index contributed by atoms with van der Waals surface area (Å²) in [6.07, 6.45) is 4.94. The molecule has 3 heterocycles. The fourth-order valence-electron chi connectivity index (χ4n) is 2.78. The summed E-state index contributed by atoms with van der Waals surface area (Å²) in [7, 11) is -3.85. The fourth-order valence-corrected chi connectivity index (χ4v) is 3.73. The second-order valence-corrected chi connectivity index (χ2v) is 8.38. The van der Waals surface area contributed by atoms with Crippen LogP contribution >= 0.6 is 0 Å². The van der Waals surface area contributed by atoms with E-state index in [-0.39, 0.29) is 16.5 Å². The summed E-state index contributed by atoms with van der Waals surface area (Å²) >= 11 is 0. The third kappa shape index (κ3) is 4.13. The number of amides is 1. The standard InChI is InChI=1S/C20H18N6O3S/c1-13-8-10-26-12-17(24-18(26)11-13)19(27)23-15-3-5-16(6-4-15)30(28,29)25-20-21-9-7-14(2)22-20/h3-12H,1-2H3,(H,23,27)(H,21,22,25). The second-order valence-electron chi connectivity index (χ2n) is 6.70. The second kappa shape index (κ2) is 7.56. The molecule has 0 radical (unpaired) electrons. The largest absolute Gasteiger partial charge is 0.321 e. The molecule has 0 saturated carbocycles. The molecule has 0 aliphatic heterocycles. The average molecular weight is 422 g/mol. The summed E-state index contributed by atoms with van der Waals surface area (Å²) in [4.78, 5) is 24.8. The fraction of sp³-hybridized carbons (Fsp3) is 0.100. The molecular formula is C20H18N6O3S. The van der Waals surface area contributed by atoms with Gasteiger partial charge < -0.3 is 9.72 Å². The van der Waals surface area contributed by atoms with E-state index in [1.165, 1.54) is 30.5 Å². The van der Waals surface area contributed by atoms with Crippen LogP contribution in [0.3, 0.4) is 0 Å². The van der Waals surface area contributed by atoms with Crippen molar-refractivity contribution in [1.29, 1.82) is 0 Å². The summed E-state index contributed by atoms with van der Waals surface area (Å²) in [5.74, 6) is -0.396. The molecule has 9 nitrogen and oxygen atoms in total. The summed E-state index contributed by atoms with van der Waals surface area (Å²) in [5.41, 5.74) is 3.06. The number of benzene rings is 1. The number of pyridine rings is 1. The van der Waals surface area contributed by atoms with E-state index in [2.05, 4.69) is 25.0 Å². The zero-order valence-electron chi connectivity index (χ0n) is 16.2. The number of imidazole rings is 1. The molecule has 1 amide bonds. The molecule has 0 fully saturated rings. The van der Waals surface area contributed by atoms with Gasteiger partial charge in [0, 0.05) is 30.0 Å². The lowest BCUT2D eigenvalue weighted by atomic mass is 10.3. The number of fused-ring (bicyclic) bond motifs is 1. The van der Waals surface area contributed by atoms with Crippen LogP contribution in [-0.2, 0) is 10.0 Å². The minimum atomic E-state index is -3.85. The van der Waals surface area contributed by atoms with Crippen molar-refractivity contribution in [3.05, 3.63) is 78.0 Å². The molecule has 0 saturated heterocycles. The van der Waals surface area contributed by atoms with Crippen LogP contribution in [0.15, 0.2) is 66.0 Å². The van der Waals surface area contributed by atoms with Gasteiger partial charge in [0.05, 0.1) is 4.90 Å². The van der Waals surface area contributed by atoms with Gasteiger partial charge in [0.1, 0.15) is 11.3 Å². The molecule has 0 spiro atoms. The molecule has 0 aliphatic rings. The van der Waals surface area contributed by atoms with Gasteiger partial charge in [-0.3, -0.25) is 4.79 Å². The molecule has 1 aromatic carbocycles. The smallest absolute Gasteiger partial charge is 0.275 e. The van der Waals surface area contributed by atoms with Gasteiger partial charge in [0.15, 0.2) is 0 Å².